The minimum absolute atomic E-state index is 0.149. The van der Waals surface area contributed by atoms with Gasteiger partial charge in [-0.2, -0.15) is 0 Å². The molecule has 1 fully saturated rings. The van der Waals surface area contributed by atoms with Crippen LogP contribution >= 0.6 is 39.5 Å². The molecule has 2 heterocycles. The van der Waals surface area contributed by atoms with E-state index >= 15 is 0 Å². The molecule has 7 heteroatoms. The molecule has 0 saturated carbocycles. The van der Waals surface area contributed by atoms with Gasteiger partial charge in [0.15, 0.2) is 5.11 Å². The van der Waals surface area contributed by atoms with Crippen molar-refractivity contribution in [2.24, 2.45) is 0 Å². The number of halogens is 2. The van der Waals surface area contributed by atoms with Crippen LogP contribution in [0.2, 0.25) is 0 Å². The minimum atomic E-state index is -0.491. The number of benzene rings is 1. The molecule has 1 aliphatic heterocycles. The number of amides is 1. The fourth-order valence-corrected chi connectivity index (χ4v) is 3.59. The molecule has 1 aromatic heterocycles. The molecule has 0 unspecified atom stereocenters. The molecule has 0 radical (unpaired) electrons. The predicted molar refractivity (Wildman–Crippen MR) is 89.6 cm³/mol. The van der Waals surface area contributed by atoms with Crippen molar-refractivity contribution >= 4 is 62.3 Å². The highest BCUT2D eigenvalue weighted by Gasteiger charge is 2.33. The first-order valence-electron chi connectivity index (χ1n) is 5.93. The summed E-state index contributed by atoms with van der Waals surface area (Å²) in [5.41, 5.74) is 0.480. The summed E-state index contributed by atoms with van der Waals surface area (Å²) in [4.78, 5) is 14.5. The Balaban J connectivity index is 1.96. The van der Waals surface area contributed by atoms with Gasteiger partial charge in [-0.25, -0.2) is 9.29 Å². The van der Waals surface area contributed by atoms with Crippen LogP contribution in [0.1, 0.15) is 4.88 Å². The molecule has 3 nitrogen and oxygen atoms in total. The molecule has 1 amide bonds. The quantitative estimate of drug-likeness (QED) is 0.631. The van der Waals surface area contributed by atoms with E-state index in [0.717, 1.165) is 8.66 Å². The number of hydrogen-bond acceptors (Lipinski definition) is 3. The maximum Gasteiger partial charge on any atom is 0.281 e. The van der Waals surface area contributed by atoms with Crippen LogP contribution < -0.4 is 10.2 Å². The van der Waals surface area contributed by atoms with Gasteiger partial charge in [0.25, 0.3) is 5.91 Å². The number of thiophene rings is 1. The van der Waals surface area contributed by atoms with Crippen LogP contribution in [0, 0.1) is 5.82 Å². The Bertz CT molecular complexity index is 772. The van der Waals surface area contributed by atoms with Crippen molar-refractivity contribution < 1.29 is 9.18 Å². The van der Waals surface area contributed by atoms with Crippen LogP contribution in [0.5, 0.6) is 0 Å². The Labute approximate surface area is 138 Å². The van der Waals surface area contributed by atoms with E-state index in [1.807, 2.05) is 12.1 Å². The monoisotopic (exact) mass is 382 g/mol. The van der Waals surface area contributed by atoms with Crippen molar-refractivity contribution in [1.29, 1.82) is 0 Å². The third-order valence-corrected chi connectivity index (χ3v) is 4.71. The van der Waals surface area contributed by atoms with Gasteiger partial charge in [0.1, 0.15) is 11.5 Å². The van der Waals surface area contributed by atoms with Crippen LogP contribution in [0.4, 0.5) is 10.1 Å². The van der Waals surface area contributed by atoms with E-state index < -0.39 is 5.82 Å². The highest BCUT2D eigenvalue weighted by molar-refractivity contribution is 9.11. The maximum absolute atomic E-state index is 13.8. The van der Waals surface area contributed by atoms with E-state index in [2.05, 4.69) is 21.2 Å². The summed E-state index contributed by atoms with van der Waals surface area (Å²) in [6.45, 7) is 0. The molecule has 3 rings (SSSR count). The Morgan fingerprint density at radius 3 is 2.71 bits per heavy atom. The maximum atomic E-state index is 13.8. The van der Waals surface area contributed by atoms with Crippen LogP contribution in [0.15, 0.2) is 45.9 Å². The second-order valence-electron chi connectivity index (χ2n) is 4.22. The third kappa shape index (κ3) is 2.76. The van der Waals surface area contributed by atoms with Gasteiger partial charge in [0, 0.05) is 4.88 Å². The van der Waals surface area contributed by atoms with Gasteiger partial charge in [0.05, 0.1) is 9.47 Å². The third-order valence-electron chi connectivity index (χ3n) is 2.85. The summed E-state index contributed by atoms with van der Waals surface area (Å²) in [6, 6.07) is 9.81. The molecule has 0 aliphatic carbocycles. The fourth-order valence-electron chi connectivity index (χ4n) is 1.94. The summed E-state index contributed by atoms with van der Waals surface area (Å²) in [5.74, 6) is -0.857. The zero-order valence-electron chi connectivity index (χ0n) is 10.5. The number of nitrogens with one attached hydrogen (secondary N) is 1. The molecular weight excluding hydrogens is 375 g/mol. The summed E-state index contributed by atoms with van der Waals surface area (Å²) in [6.07, 6.45) is 1.70. The second-order valence-corrected chi connectivity index (χ2v) is 7.10. The van der Waals surface area contributed by atoms with E-state index in [4.69, 9.17) is 12.2 Å². The smallest absolute Gasteiger partial charge is 0.281 e. The molecule has 1 aliphatic rings. The largest absolute Gasteiger partial charge is 0.327 e. The highest BCUT2D eigenvalue weighted by atomic mass is 79.9. The fraction of sp³-hybridized carbons (Fsp3) is 0. The lowest BCUT2D eigenvalue weighted by Gasteiger charge is -2.14. The molecule has 0 bridgehead atoms. The van der Waals surface area contributed by atoms with Gasteiger partial charge in [-0.05, 0) is 58.5 Å². The Morgan fingerprint density at radius 1 is 1.29 bits per heavy atom. The molecule has 1 N–H and O–H groups in total. The number of anilines is 1. The topological polar surface area (TPSA) is 32.3 Å². The van der Waals surface area contributed by atoms with E-state index in [1.54, 1.807) is 18.2 Å². The summed E-state index contributed by atoms with van der Waals surface area (Å²) >= 11 is 9.99. The number of carbonyl (C=O) groups excluding carboxylic acids is 1. The summed E-state index contributed by atoms with van der Waals surface area (Å²) in [7, 11) is 0. The van der Waals surface area contributed by atoms with Crippen LogP contribution in [-0.2, 0) is 4.79 Å². The van der Waals surface area contributed by atoms with Gasteiger partial charge in [-0.15, -0.1) is 11.3 Å². The van der Waals surface area contributed by atoms with Gasteiger partial charge in [-0.1, -0.05) is 12.1 Å². The Hall–Kier alpha value is -1.57. The van der Waals surface area contributed by atoms with Crippen molar-refractivity contribution in [2.75, 3.05) is 4.90 Å². The minimum Gasteiger partial charge on any atom is -0.327 e. The molecule has 0 spiro atoms. The molecule has 0 atom stereocenters. The molecular formula is C14H8BrFN2OS2. The Kier molecular flexibility index (Phi) is 3.88. The summed E-state index contributed by atoms with van der Waals surface area (Å²) in [5, 5.41) is 3.00. The van der Waals surface area contributed by atoms with Crippen LogP contribution in [-0.4, -0.2) is 11.0 Å². The first kappa shape index (κ1) is 14.4. The first-order valence-corrected chi connectivity index (χ1v) is 7.95. The van der Waals surface area contributed by atoms with Gasteiger partial charge in [-0.3, -0.25) is 4.79 Å². The van der Waals surface area contributed by atoms with Crippen molar-refractivity contribution in [3.8, 4) is 0 Å². The van der Waals surface area contributed by atoms with E-state index in [-0.39, 0.29) is 16.7 Å². The predicted octanol–water partition coefficient (Wildman–Crippen LogP) is 3.91. The number of nitrogens with zero attached hydrogens (tertiary/aromatic N) is 1. The molecule has 2 aromatic rings. The molecule has 21 heavy (non-hydrogen) atoms. The number of rotatable bonds is 2. The van der Waals surface area contributed by atoms with Crippen LogP contribution in [0.3, 0.4) is 0 Å². The average molecular weight is 383 g/mol. The average Bonchev–Trinajstić information content (AvgIpc) is 2.96. The van der Waals surface area contributed by atoms with Crippen molar-refractivity contribution in [2.45, 2.75) is 0 Å². The van der Waals surface area contributed by atoms with Crippen molar-refractivity contribution in [1.82, 2.24) is 5.32 Å². The standard InChI is InChI=1S/C14H8BrFN2OS2/c15-12-6-5-8(21-12)7-10-13(19)18(14(20)17-10)11-4-2-1-3-9(11)16/h1-7H,(H,17,20)/b10-7+. The number of thiocarbonyl (C=S) groups is 1. The second kappa shape index (κ2) is 5.67. The lowest BCUT2D eigenvalue weighted by atomic mass is 10.2. The molecule has 1 aromatic carbocycles. The first-order chi connectivity index (χ1) is 10.1. The van der Waals surface area contributed by atoms with Gasteiger partial charge >= 0.3 is 0 Å². The van der Waals surface area contributed by atoms with Gasteiger partial charge in [0.2, 0.25) is 0 Å². The highest BCUT2D eigenvalue weighted by Crippen LogP contribution is 2.27. The molecule has 106 valence electrons. The lowest BCUT2D eigenvalue weighted by Crippen LogP contribution is -2.31. The number of para-hydroxylation sites is 1. The van der Waals surface area contributed by atoms with E-state index in [1.165, 1.54) is 28.4 Å². The van der Waals surface area contributed by atoms with Gasteiger partial charge < -0.3 is 5.32 Å². The normalized spacial score (nSPS) is 16.7. The number of hydrogen-bond donors (Lipinski definition) is 1. The summed E-state index contributed by atoms with van der Waals surface area (Å²) < 4.78 is 14.8. The van der Waals surface area contributed by atoms with E-state index in [9.17, 15) is 9.18 Å². The van der Waals surface area contributed by atoms with Crippen LogP contribution in [0.25, 0.3) is 6.08 Å². The zero-order chi connectivity index (χ0) is 15.0. The SMILES string of the molecule is O=C1/C(=C\c2ccc(Br)s2)NC(=S)N1c1ccccc1F. The number of carbonyl (C=O) groups is 1. The van der Waals surface area contributed by atoms with Crippen molar-refractivity contribution in [3.63, 3.8) is 0 Å². The molecule has 1 saturated heterocycles. The van der Waals surface area contributed by atoms with Crippen molar-refractivity contribution in [3.05, 3.63) is 56.6 Å². The zero-order valence-corrected chi connectivity index (χ0v) is 13.7. The lowest BCUT2D eigenvalue weighted by molar-refractivity contribution is -0.113. The Morgan fingerprint density at radius 2 is 2.05 bits per heavy atom. The van der Waals surface area contributed by atoms with E-state index in [0.29, 0.717) is 5.70 Å².